The fourth-order valence-electron chi connectivity index (χ4n) is 2.25. The van der Waals surface area contributed by atoms with E-state index in [2.05, 4.69) is 15.5 Å². The lowest BCUT2D eigenvalue weighted by Gasteiger charge is -2.04. The minimum Gasteiger partial charge on any atom is -0.356 e. The second-order valence-electron chi connectivity index (χ2n) is 5.05. The minimum atomic E-state index is -0.122. The lowest BCUT2D eigenvalue weighted by Crippen LogP contribution is -2.26. The van der Waals surface area contributed by atoms with E-state index in [-0.39, 0.29) is 24.5 Å². The minimum absolute atomic E-state index is 0.0126. The molecular weight excluding hydrogens is 312 g/mol. The second kappa shape index (κ2) is 7.15. The Labute approximate surface area is 137 Å². The molecule has 1 amide bonds. The van der Waals surface area contributed by atoms with Crippen molar-refractivity contribution in [2.45, 2.75) is 19.3 Å². The zero-order valence-electron chi connectivity index (χ0n) is 12.4. The number of rotatable bonds is 7. The summed E-state index contributed by atoms with van der Waals surface area (Å²) < 4.78 is 1.90. The summed E-state index contributed by atoms with van der Waals surface area (Å²) in [5.74, 6) is 0.692. The highest BCUT2D eigenvalue weighted by Gasteiger charge is 2.10. The van der Waals surface area contributed by atoms with Crippen LogP contribution in [0.1, 0.15) is 28.3 Å². The Morgan fingerprint density at radius 1 is 1.13 bits per heavy atom. The van der Waals surface area contributed by atoms with Gasteiger partial charge in [-0.05, 0) is 23.6 Å². The van der Waals surface area contributed by atoms with E-state index in [1.165, 1.54) is 11.3 Å². The fraction of sp³-hybridized carbons (Fsp3) is 0.250. The van der Waals surface area contributed by atoms with Gasteiger partial charge < -0.3 is 5.32 Å². The van der Waals surface area contributed by atoms with Crippen LogP contribution in [0.2, 0.25) is 0 Å². The van der Waals surface area contributed by atoms with Crippen molar-refractivity contribution >= 4 is 28.7 Å². The van der Waals surface area contributed by atoms with Crippen molar-refractivity contribution in [3.05, 3.63) is 52.6 Å². The molecule has 0 spiro atoms. The molecule has 0 aliphatic heterocycles. The molecule has 0 unspecified atom stereocenters. The number of nitrogens with zero attached hydrogens (tertiary/aromatic N) is 3. The monoisotopic (exact) mass is 328 g/mol. The predicted molar refractivity (Wildman–Crippen MR) is 87.6 cm³/mol. The van der Waals surface area contributed by atoms with Crippen LogP contribution < -0.4 is 5.32 Å². The summed E-state index contributed by atoms with van der Waals surface area (Å²) in [7, 11) is 0. The zero-order chi connectivity index (χ0) is 16.1. The zero-order valence-corrected chi connectivity index (χ0v) is 13.3. The number of carbonyl (C=O) groups excluding carboxylic acids is 2. The molecule has 0 saturated heterocycles. The molecule has 7 heteroatoms. The average Bonchev–Trinajstić information content (AvgIpc) is 3.23. The molecule has 0 aliphatic rings. The van der Waals surface area contributed by atoms with Crippen LogP contribution in [0, 0.1) is 0 Å². The third kappa shape index (κ3) is 3.81. The van der Waals surface area contributed by atoms with E-state index in [1.54, 1.807) is 6.07 Å². The van der Waals surface area contributed by atoms with Crippen LogP contribution in [-0.4, -0.2) is 32.8 Å². The van der Waals surface area contributed by atoms with Gasteiger partial charge in [0.2, 0.25) is 5.91 Å². The Kier molecular flexibility index (Phi) is 4.77. The molecule has 0 fully saturated rings. The maximum absolute atomic E-state index is 11.8. The van der Waals surface area contributed by atoms with Gasteiger partial charge in [0, 0.05) is 32.0 Å². The first-order valence-electron chi connectivity index (χ1n) is 7.36. The maximum atomic E-state index is 11.8. The van der Waals surface area contributed by atoms with Gasteiger partial charge in [0.1, 0.15) is 5.82 Å². The number of nitrogens with one attached hydrogen (secondary N) is 1. The lowest BCUT2D eigenvalue weighted by atomic mass is 10.2. The topological polar surface area (TPSA) is 76.4 Å². The molecule has 0 atom stereocenters. The second-order valence-corrected chi connectivity index (χ2v) is 5.99. The van der Waals surface area contributed by atoms with Gasteiger partial charge in [-0.1, -0.05) is 12.1 Å². The molecular formula is C16H16N4O2S. The predicted octanol–water partition coefficient (Wildman–Crippen LogP) is 2.11. The summed E-state index contributed by atoms with van der Waals surface area (Å²) in [4.78, 5) is 24.3. The Hall–Kier alpha value is -2.54. The molecule has 0 aliphatic carbocycles. The van der Waals surface area contributed by atoms with Crippen LogP contribution in [0.5, 0.6) is 0 Å². The van der Waals surface area contributed by atoms with Gasteiger partial charge in [-0.25, -0.2) is 0 Å². The summed E-state index contributed by atoms with van der Waals surface area (Å²) >= 11 is 1.40. The Morgan fingerprint density at radius 3 is 2.87 bits per heavy atom. The van der Waals surface area contributed by atoms with Crippen LogP contribution >= 0.6 is 11.3 Å². The Morgan fingerprint density at radius 2 is 2.04 bits per heavy atom. The van der Waals surface area contributed by atoms with Gasteiger partial charge >= 0.3 is 0 Å². The number of ketones is 1. The third-order valence-corrected chi connectivity index (χ3v) is 4.34. The summed E-state index contributed by atoms with van der Waals surface area (Å²) in [5, 5.41) is 12.8. The summed E-state index contributed by atoms with van der Waals surface area (Å²) in [6.45, 7) is 0.474. The van der Waals surface area contributed by atoms with E-state index < -0.39 is 0 Å². The molecule has 0 bridgehead atoms. The molecule has 6 nitrogen and oxygen atoms in total. The Bertz CT molecular complexity index is 810. The van der Waals surface area contributed by atoms with Crippen LogP contribution in [0.15, 0.2) is 41.9 Å². The molecule has 3 aromatic rings. The average molecular weight is 328 g/mol. The number of hydrogen-bond acceptors (Lipinski definition) is 5. The number of hydrogen-bond donors (Lipinski definition) is 1. The number of pyridine rings is 1. The molecule has 0 radical (unpaired) electrons. The van der Waals surface area contributed by atoms with Gasteiger partial charge in [0.25, 0.3) is 0 Å². The highest BCUT2D eigenvalue weighted by molar-refractivity contribution is 7.12. The largest absolute Gasteiger partial charge is 0.356 e. The first-order valence-corrected chi connectivity index (χ1v) is 8.24. The van der Waals surface area contributed by atoms with Crippen LogP contribution in [0.4, 0.5) is 0 Å². The number of aromatic nitrogens is 3. The van der Waals surface area contributed by atoms with Crippen molar-refractivity contribution in [2.75, 3.05) is 6.54 Å². The van der Waals surface area contributed by atoms with E-state index in [9.17, 15) is 9.59 Å². The fourth-order valence-corrected chi connectivity index (χ4v) is 2.95. The van der Waals surface area contributed by atoms with Gasteiger partial charge in [-0.15, -0.1) is 21.5 Å². The highest BCUT2D eigenvalue weighted by Crippen LogP contribution is 2.12. The van der Waals surface area contributed by atoms with Crippen molar-refractivity contribution in [2.24, 2.45) is 0 Å². The van der Waals surface area contributed by atoms with E-state index in [0.717, 1.165) is 11.5 Å². The Balaban J connectivity index is 1.43. The smallest absolute Gasteiger partial charge is 0.220 e. The molecule has 1 N–H and O–H groups in total. The van der Waals surface area contributed by atoms with Gasteiger partial charge in [-0.2, -0.15) is 0 Å². The lowest BCUT2D eigenvalue weighted by molar-refractivity contribution is -0.121. The van der Waals surface area contributed by atoms with E-state index in [1.807, 2.05) is 40.2 Å². The first kappa shape index (κ1) is 15.4. The third-order valence-electron chi connectivity index (χ3n) is 3.43. The normalized spacial score (nSPS) is 10.8. The van der Waals surface area contributed by atoms with Crippen molar-refractivity contribution in [1.29, 1.82) is 0 Å². The number of Topliss-reactive ketones (excluding diaryl/α,β-unsaturated/α-hetero) is 1. The molecule has 0 saturated carbocycles. The molecule has 23 heavy (non-hydrogen) atoms. The maximum Gasteiger partial charge on any atom is 0.220 e. The van der Waals surface area contributed by atoms with Crippen molar-refractivity contribution in [3.8, 4) is 0 Å². The number of amides is 1. The van der Waals surface area contributed by atoms with Crippen LogP contribution in [-0.2, 0) is 11.2 Å². The van der Waals surface area contributed by atoms with E-state index in [0.29, 0.717) is 17.8 Å². The molecule has 3 rings (SSSR count). The number of carbonyl (C=O) groups is 2. The molecule has 118 valence electrons. The summed E-state index contributed by atoms with van der Waals surface area (Å²) in [6, 6.07) is 9.31. The molecule has 3 aromatic heterocycles. The first-order chi connectivity index (χ1) is 11.2. The highest BCUT2D eigenvalue weighted by atomic mass is 32.1. The summed E-state index contributed by atoms with van der Waals surface area (Å²) in [6.07, 6.45) is 2.93. The van der Waals surface area contributed by atoms with Gasteiger partial charge in [0.15, 0.2) is 11.4 Å². The quantitative estimate of drug-likeness (QED) is 0.674. The number of fused-ring (bicyclic) bond motifs is 1. The molecule has 0 aromatic carbocycles. The van der Waals surface area contributed by atoms with Gasteiger partial charge in [0.05, 0.1) is 4.88 Å². The van der Waals surface area contributed by atoms with E-state index in [4.69, 9.17) is 0 Å². The number of thiophene rings is 1. The van der Waals surface area contributed by atoms with Crippen molar-refractivity contribution < 1.29 is 9.59 Å². The van der Waals surface area contributed by atoms with Crippen LogP contribution in [0.3, 0.4) is 0 Å². The summed E-state index contributed by atoms with van der Waals surface area (Å²) in [5.41, 5.74) is 0.787. The standard InChI is InChI=1S/C16H16N4O2S/c21-12(13-4-3-11-23-13)6-7-16(22)17-9-8-15-19-18-14-5-1-2-10-20(14)15/h1-5,10-11H,6-9H2,(H,17,22). The molecule has 3 heterocycles. The van der Waals surface area contributed by atoms with Gasteiger partial charge in [-0.3, -0.25) is 14.0 Å². The van der Waals surface area contributed by atoms with E-state index >= 15 is 0 Å². The van der Waals surface area contributed by atoms with Crippen molar-refractivity contribution in [3.63, 3.8) is 0 Å². The van der Waals surface area contributed by atoms with Crippen LogP contribution in [0.25, 0.3) is 5.65 Å². The van der Waals surface area contributed by atoms with Crippen molar-refractivity contribution in [1.82, 2.24) is 19.9 Å². The SMILES string of the molecule is O=C(CCC(=O)c1cccs1)NCCc1nnc2ccccn12.